The third-order valence-electron chi connectivity index (χ3n) is 4.59. The van der Waals surface area contributed by atoms with Crippen LogP contribution in [0.4, 0.5) is 0 Å². The zero-order valence-corrected chi connectivity index (χ0v) is 17.9. The highest BCUT2D eigenvalue weighted by Crippen LogP contribution is 2.34. The molecule has 0 saturated heterocycles. The highest BCUT2D eigenvalue weighted by atomic mass is 35.5. The van der Waals surface area contributed by atoms with E-state index >= 15 is 0 Å². The Labute approximate surface area is 181 Å². The molecule has 0 fully saturated rings. The Balaban J connectivity index is 0.00000320. The maximum absolute atomic E-state index is 12.6. The lowest BCUT2D eigenvalue weighted by molar-refractivity contribution is 0.0953. The monoisotopic (exact) mass is 431 g/mol. The first kappa shape index (κ1) is 23.2. The number of amides is 1. The number of rotatable bonds is 9. The lowest BCUT2D eigenvalue weighted by Gasteiger charge is -2.13. The Bertz CT molecular complexity index is 1040. The molecule has 7 nitrogen and oxygen atoms in total. The number of hydrogen-bond donors (Lipinski definition) is 2. The molecular weight excluding hydrogens is 406 g/mol. The standard InChI is InChI=1S/C22H25N3O4.ClH/c1-3-4-13-29-20-18(28-2)6-5-16-14-17(22(27)25-19(16)20)21(26)24-12-9-15-7-10-23-11-8-15;/h5-8,10-11,14H,3-4,9,12-13H2,1-2H3,(H,24,26)(H,25,27);1H. The molecule has 1 amide bonds. The van der Waals surface area contributed by atoms with Crippen molar-refractivity contribution in [1.29, 1.82) is 0 Å². The number of aromatic nitrogens is 2. The molecule has 30 heavy (non-hydrogen) atoms. The fraction of sp³-hybridized carbons (Fsp3) is 0.318. The average Bonchev–Trinajstić information content (AvgIpc) is 2.74. The van der Waals surface area contributed by atoms with Crippen LogP contribution in [0.2, 0.25) is 0 Å². The van der Waals surface area contributed by atoms with Crippen molar-refractivity contribution in [3.63, 3.8) is 0 Å². The van der Waals surface area contributed by atoms with E-state index in [4.69, 9.17) is 9.47 Å². The summed E-state index contributed by atoms with van der Waals surface area (Å²) in [5, 5.41) is 3.50. The van der Waals surface area contributed by atoms with Crippen LogP contribution in [0.15, 0.2) is 47.5 Å². The van der Waals surface area contributed by atoms with E-state index in [-0.39, 0.29) is 18.0 Å². The SMILES string of the molecule is CCCCOc1c(OC)ccc2cc(C(=O)NCCc3ccncc3)c(=O)[nH]c12.Cl. The van der Waals surface area contributed by atoms with Crippen LogP contribution in [-0.4, -0.2) is 36.1 Å². The molecule has 160 valence electrons. The Morgan fingerprint density at radius 2 is 1.97 bits per heavy atom. The zero-order chi connectivity index (χ0) is 20.6. The first-order chi connectivity index (χ1) is 14.1. The smallest absolute Gasteiger partial charge is 0.261 e. The second-order valence-corrected chi connectivity index (χ2v) is 6.64. The molecule has 1 aromatic carbocycles. The number of carbonyl (C=O) groups is 1. The van der Waals surface area contributed by atoms with Gasteiger partial charge in [-0.15, -0.1) is 12.4 Å². The molecule has 0 radical (unpaired) electrons. The largest absolute Gasteiger partial charge is 0.493 e. The zero-order valence-electron chi connectivity index (χ0n) is 17.1. The quantitative estimate of drug-likeness (QED) is 0.506. The Kier molecular flexibility index (Phi) is 8.68. The third kappa shape index (κ3) is 5.51. The Hall–Kier alpha value is -3.06. The number of nitrogens with one attached hydrogen (secondary N) is 2. The summed E-state index contributed by atoms with van der Waals surface area (Å²) in [6.45, 7) is 3.02. The molecule has 0 unspecified atom stereocenters. The van der Waals surface area contributed by atoms with Gasteiger partial charge in [0.2, 0.25) is 0 Å². The number of pyridine rings is 2. The molecule has 0 atom stereocenters. The summed E-state index contributed by atoms with van der Waals surface area (Å²) < 4.78 is 11.2. The number of aromatic amines is 1. The number of H-pyrrole nitrogens is 1. The van der Waals surface area contributed by atoms with Crippen molar-refractivity contribution in [3.8, 4) is 11.5 Å². The summed E-state index contributed by atoms with van der Waals surface area (Å²) >= 11 is 0. The van der Waals surface area contributed by atoms with Gasteiger partial charge in [-0.2, -0.15) is 0 Å². The van der Waals surface area contributed by atoms with Gasteiger partial charge in [0.15, 0.2) is 11.5 Å². The van der Waals surface area contributed by atoms with Crippen molar-refractivity contribution in [2.45, 2.75) is 26.2 Å². The predicted molar refractivity (Wildman–Crippen MR) is 119 cm³/mol. The van der Waals surface area contributed by atoms with Crippen LogP contribution in [-0.2, 0) is 6.42 Å². The van der Waals surface area contributed by atoms with Crippen molar-refractivity contribution in [2.75, 3.05) is 20.3 Å². The van der Waals surface area contributed by atoms with E-state index in [1.54, 1.807) is 37.7 Å². The minimum Gasteiger partial charge on any atom is -0.493 e. The van der Waals surface area contributed by atoms with Crippen LogP contribution in [0.1, 0.15) is 35.7 Å². The number of nitrogens with zero attached hydrogens (tertiary/aromatic N) is 1. The summed E-state index contributed by atoms with van der Waals surface area (Å²) in [5.74, 6) is 0.616. The van der Waals surface area contributed by atoms with Crippen molar-refractivity contribution in [3.05, 3.63) is 64.2 Å². The van der Waals surface area contributed by atoms with E-state index in [2.05, 4.69) is 22.2 Å². The van der Waals surface area contributed by atoms with Crippen LogP contribution in [0.3, 0.4) is 0 Å². The van der Waals surface area contributed by atoms with Gasteiger partial charge in [-0.05, 0) is 48.7 Å². The number of hydrogen-bond acceptors (Lipinski definition) is 5. The molecule has 0 aliphatic heterocycles. The van der Waals surface area contributed by atoms with E-state index in [1.165, 1.54) is 0 Å². The number of halogens is 1. The molecule has 0 aliphatic rings. The van der Waals surface area contributed by atoms with E-state index in [9.17, 15) is 9.59 Å². The fourth-order valence-corrected chi connectivity index (χ4v) is 2.99. The fourth-order valence-electron chi connectivity index (χ4n) is 2.99. The highest BCUT2D eigenvalue weighted by Gasteiger charge is 2.16. The lowest BCUT2D eigenvalue weighted by atomic mass is 10.1. The van der Waals surface area contributed by atoms with Gasteiger partial charge < -0.3 is 19.8 Å². The number of carbonyl (C=O) groups excluding carboxylic acids is 1. The molecule has 2 aromatic heterocycles. The van der Waals surface area contributed by atoms with Gasteiger partial charge in [0.05, 0.1) is 19.2 Å². The number of benzene rings is 1. The molecule has 0 saturated carbocycles. The summed E-state index contributed by atoms with van der Waals surface area (Å²) in [6, 6.07) is 8.94. The first-order valence-electron chi connectivity index (χ1n) is 9.68. The van der Waals surface area contributed by atoms with Crippen molar-refractivity contribution >= 4 is 29.2 Å². The van der Waals surface area contributed by atoms with Crippen molar-refractivity contribution < 1.29 is 14.3 Å². The molecule has 3 rings (SSSR count). The van der Waals surface area contributed by atoms with E-state index in [1.807, 2.05) is 12.1 Å². The molecule has 0 bridgehead atoms. The van der Waals surface area contributed by atoms with Crippen LogP contribution in [0.25, 0.3) is 10.9 Å². The minimum atomic E-state index is -0.465. The van der Waals surface area contributed by atoms with Gasteiger partial charge in [0, 0.05) is 24.3 Å². The molecule has 8 heteroatoms. The van der Waals surface area contributed by atoms with Crippen LogP contribution < -0.4 is 20.3 Å². The normalized spacial score (nSPS) is 10.3. The average molecular weight is 432 g/mol. The Morgan fingerprint density at radius 3 is 2.67 bits per heavy atom. The highest BCUT2D eigenvalue weighted by molar-refractivity contribution is 5.98. The lowest BCUT2D eigenvalue weighted by Crippen LogP contribution is -2.31. The first-order valence-corrected chi connectivity index (χ1v) is 9.68. The molecule has 0 spiro atoms. The van der Waals surface area contributed by atoms with Crippen LogP contribution in [0.5, 0.6) is 11.5 Å². The molecule has 2 heterocycles. The van der Waals surface area contributed by atoms with E-state index in [0.717, 1.165) is 18.4 Å². The number of unbranched alkanes of at least 4 members (excludes halogenated alkanes) is 1. The summed E-state index contributed by atoms with van der Waals surface area (Å²) in [7, 11) is 1.55. The Morgan fingerprint density at radius 1 is 1.20 bits per heavy atom. The van der Waals surface area contributed by atoms with Crippen LogP contribution in [0, 0.1) is 0 Å². The van der Waals surface area contributed by atoms with E-state index < -0.39 is 11.5 Å². The van der Waals surface area contributed by atoms with Gasteiger partial charge in [-0.1, -0.05) is 13.3 Å². The predicted octanol–water partition coefficient (Wildman–Crippen LogP) is 3.50. The van der Waals surface area contributed by atoms with Crippen LogP contribution >= 0.6 is 12.4 Å². The molecule has 3 aromatic rings. The van der Waals surface area contributed by atoms with E-state index in [0.29, 0.717) is 42.0 Å². The molecular formula is C22H26ClN3O4. The summed E-state index contributed by atoms with van der Waals surface area (Å²) in [6.07, 6.45) is 5.96. The van der Waals surface area contributed by atoms with Gasteiger partial charge in [-0.3, -0.25) is 14.6 Å². The maximum Gasteiger partial charge on any atom is 0.261 e. The maximum atomic E-state index is 12.6. The molecule has 2 N–H and O–H groups in total. The second-order valence-electron chi connectivity index (χ2n) is 6.64. The van der Waals surface area contributed by atoms with Gasteiger partial charge in [0.1, 0.15) is 5.56 Å². The minimum absolute atomic E-state index is 0. The van der Waals surface area contributed by atoms with Crippen molar-refractivity contribution in [1.82, 2.24) is 15.3 Å². The molecule has 0 aliphatic carbocycles. The summed E-state index contributed by atoms with van der Waals surface area (Å²) in [4.78, 5) is 31.8. The number of methoxy groups -OCH3 is 1. The number of fused-ring (bicyclic) bond motifs is 1. The van der Waals surface area contributed by atoms with Crippen molar-refractivity contribution in [2.24, 2.45) is 0 Å². The van der Waals surface area contributed by atoms with Gasteiger partial charge in [0.25, 0.3) is 11.5 Å². The third-order valence-corrected chi connectivity index (χ3v) is 4.59. The summed E-state index contributed by atoms with van der Waals surface area (Å²) in [5.41, 5.74) is 1.19. The topological polar surface area (TPSA) is 93.3 Å². The van der Waals surface area contributed by atoms with Gasteiger partial charge >= 0.3 is 0 Å². The number of ether oxygens (including phenoxy) is 2. The van der Waals surface area contributed by atoms with Gasteiger partial charge in [-0.25, -0.2) is 0 Å². The second kappa shape index (κ2) is 11.2.